The topological polar surface area (TPSA) is 12.0 Å². The molecule has 100 valence electrons. The maximum Gasteiger partial charge on any atom is 0.130 e. The first kappa shape index (κ1) is 13.9. The summed E-state index contributed by atoms with van der Waals surface area (Å²) in [7, 11) is 0. The van der Waals surface area contributed by atoms with Gasteiger partial charge in [-0.25, -0.2) is 13.2 Å². The van der Waals surface area contributed by atoms with E-state index < -0.39 is 11.6 Å². The van der Waals surface area contributed by atoms with Gasteiger partial charge in [-0.15, -0.1) is 0 Å². The van der Waals surface area contributed by atoms with Gasteiger partial charge >= 0.3 is 0 Å². The third kappa shape index (κ3) is 3.72. The van der Waals surface area contributed by atoms with Crippen LogP contribution in [0.1, 0.15) is 11.1 Å². The van der Waals surface area contributed by atoms with E-state index in [1.807, 2.05) is 0 Å². The first-order chi connectivity index (χ1) is 9.06. The second-order valence-corrected chi connectivity index (χ2v) is 4.48. The van der Waals surface area contributed by atoms with Crippen molar-refractivity contribution < 1.29 is 13.2 Å². The largest absolute Gasteiger partial charge is 0.308 e. The normalized spacial score (nSPS) is 10.7. The lowest BCUT2D eigenvalue weighted by Crippen LogP contribution is -2.14. The van der Waals surface area contributed by atoms with E-state index in [9.17, 15) is 13.2 Å². The molecule has 0 unspecified atom stereocenters. The number of nitrogens with one attached hydrogen (secondary N) is 1. The van der Waals surface area contributed by atoms with Gasteiger partial charge in [0.1, 0.15) is 17.5 Å². The molecule has 2 rings (SSSR count). The quantitative estimate of drug-likeness (QED) is 0.894. The molecule has 0 bridgehead atoms. The van der Waals surface area contributed by atoms with E-state index in [-0.39, 0.29) is 12.4 Å². The summed E-state index contributed by atoms with van der Waals surface area (Å²) in [6, 6.07) is 7.43. The molecule has 0 radical (unpaired) electrons. The van der Waals surface area contributed by atoms with Gasteiger partial charge in [-0.3, -0.25) is 0 Å². The highest BCUT2D eigenvalue weighted by molar-refractivity contribution is 6.31. The molecule has 1 N–H and O–H groups in total. The van der Waals surface area contributed by atoms with Crippen molar-refractivity contribution in [3.8, 4) is 0 Å². The van der Waals surface area contributed by atoms with Crippen LogP contribution in [-0.2, 0) is 13.1 Å². The lowest BCUT2D eigenvalue weighted by atomic mass is 10.2. The second kappa shape index (κ2) is 6.08. The average molecular weight is 286 g/mol. The molecular weight excluding hydrogens is 275 g/mol. The molecule has 0 aliphatic rings. The van der Waals surface area contributed by atoms with Gasteiger partial charge in [0.2, 0.25) is 0 Å². The fourth-order valence-electron chi connectivity index (χ4n) is 1.68. The van der Waals surface area contributed by atoms with Crippen LogP contribution in [0.15, 0.2) is 36.4 Å². The summed E-state index contributed by atoms with van der Waals surface area (Å²) in [6.45, 7) is 0.506. The SMILES string of the molecule is Fc1ccc(CNCc2cc(F)ccc2Cl)c(F)c1. The molecule has 19 heavy (non-hydrogen) atoms. The van der Waals surface area contributed by atoms with Crippen LogP contribution in [0, 0.1) is 17.5 Å². The number of hydrogen-bond acceptors (Lipinski definition) is 1. The Balaban J connectivity index is 1.98. The summed E-state index contributed by atoms with van der Waals surface area (Å²) in [5.74, 6) is -1.61. The van der Waals surface area contributed by atoms with E-state index in [1.54, 1.807) is 0 Å². The molecule has 0 spiro atoms. The number of benzene rings is 2. The monoisotopic (exact) mass is 285 g/mol. The zero-order chi connectivity index (χ0) is 13.8. The highest BCUT2D eigenvalue weighted by Crippen LogP contribution is 2.17. The Hall–Kier alpha value is -1.52. The predicted molar refractivity (Wildman–Crippen MR) is 68.3 cm³/mol. The molecule has 0 aliphatic carbocycles. The minimum absolute atomic E-state index is 0.207. The Morgan fingerprint density at radius 1 is 0.842 bits per heavy atom. The van der Waals surface area contributed by atoms with E-state index >= 15 is 0 Å². The second-order valence-electron chi connectivity index (χ2n) is 4.08. The van der Waals surface area contributed by atoms with Crippen molar-refractivity contribution in [2.24, 2.45) is 0 Å². The number of rotatable bonds is 4. The Kier molecular flexibility index (Phi) is 4.45. The summed E-state index contributed by atoms with van der Waals surface area (Å²) >= 11 is 5.90. The van der Waals surface area contributed by atoms with Gasteiger partial charge in [0, 0.05) is 29.7 Å². The van der Waals surface area contributed by atoms with Crippen LogP contribution >= 0.6 is 11.6 Å². The standard InChI is InChI=1S/C14H11ClF3N/c15-13-4-3-11(16)5-10(13)8-19-7-9-1-2-12(17)6-14(9)18/h1-6,19H,7-8H2. The third-order valence-electron chi connectivity index (χ3n) is 2.65. The molecule has 2 aromatic rings. The Bertz CT molecular complexity index is 587. The molecule has 0 saturated heterocycles. The van der Waals surface area contributed by atoms with Gasteiger partial charge in [0.25, 0.3) is 0 Å². The molecule has 0 fully saturated rings. The van der Waals surface area contributed by atoms with Gasteiger partial charge in [0.05, 0.1) is 0 Å². The van der Waals surface area contributed by atoms with E-state index in [1.165, 1.54) is 30.3 Å². The fourth-order valence-corrected chi connectivity index (χ4v) is 1.86. The molecule has 0 atom stereocenters. The van der Waals surface area contributed by atoms with Crippen molar-refractivity contribution in [1.29, 1.82) is 0 Å². The van der Waals surface area contributed by atoms with E-state index in [0.717, 1.165) is 6.07 Å². The van der Waals surface area contributed by atoms with Gasteiger partial charge in [-0.05, 0) is 29.8 Å². The fraction of sp³-hybridized carbons (Fsp3) is 0.143. The van der Waals surface area contributed by atoms with Crippen LogP contribution in [0.4, 0.5) is 13.2 Å². The molecule has 1 nitrogen and oxygen atoms in total. The van der Waals surface area contributed by atoms with Crippen molar-refractivity contribution in [1.82, 2.24) is 5.32 Å². The van der Waals surface area contributed by atoms with Crippen molar-refractivity contribution in [2.45, 2.75) is 13.1 Å². The lowest BCUT2D eigenvalue weighted by molar-refractivity contribution is 0.559. The van der Waals surface area contributed by atoms with Crippen LogP contribution < -0.4 is 5.32 Å². The van der Waals surface area contributed by atoms with Gasteiger partial charge < -0.3 is 5.32 Å². The number of hydrogen-bond donors (Lipinski definition) is 1. The number of halogens is 4. The Morgan fingerprint density at radius 2 is 1.47 bits per heavy atom. The van der Waals surface area contributed by atoms with Crippen LogP contribution in [0.2, 0.25) is 5.02 Å². The average Bonchev–Trinajstić information content (AvgIpc) is 2.36. The summed E-state index contributed by atoms with van der Waals surface area (Å²) in [5.41, 5.74) is 0.929. The van der Waals surface area contributed by atoms with Crippen LogP contribution in [0.25, 0.3) is 0 Å². The first-order valence-electron chi connectivity index (χ1n) is 5.65. The zero-order valence-corrected chi connectivity index (χ0v) is 10.6. The van der Waals surface area contributed by atoms with Crippen molar-refractivity contribution in [2.75, 3.05) is 0 Å². The van der Waals surface area contributed by atoms with Crippen molar-refractivity contribution >= 4 is 11.6 Å². The minimum atomic E-state index is -0.616. The molecule has 0 aliphatic heterocycles. The maximum absolute atomic E-state index is 13.4. The molecule has 0 heterocycles. The summed E-state index contributed by atoms with van der Waals surface area (Å²) in [4.78, 5) is 0. The Labute approximate surface area is 114 Å². The summed E-state index contributed by atoms with van der Waals surface area (Å²) in [6.07, 6.45) is 0. The van der Waals surface area contributed by atoms with Crippen molar-refractivity contribution in [3.63, 3.8) is 0 Å². The van der Waals surface area contributed by atoms with Gasteiger partial charge in [-0.2, -0.15) is 0 Å². The molecule has 0 aromatic heterocycles. The summed E-state index contributed by atoms with van der Waals surface area (Å²) < 4.78 is 39.1. The highest BCUT2D eigenvalue weighted by Gasteiger charge is 2.05. The van der Waals surface area contributed by atoms with Crippen molar-refractivity contribution in [3.05, 3.63) is 70.0 Å². The summed E-state index contributed by atoms with van der Waals surface area (Å²) in [5, 5.41) is 3.37. The van der Waals surface area contributed by atoms with Crippen LogP contribution in [0.5, 0.6) is 0 Å². The predicted octanol–water partition coefficient (Wildman–Crippen LogP) is 4.05. The molecular formula is C14H11ClF3N. The van der Waals surface area contributed by atoms with Crippen LogP contribution in [-0.4, -0.2) is 0 Å². The Morgan fingerprint density at radius 3 is 2.21 bits per heavy atom. The maximum atomic E-state index is 13.4. The third-order valence-corrected chi connectivity index (χ3v) is 3.02. The lowest BCUT2D eigenvalue weighted by Gasteiger charge is -2.08. The van der Waals surface area contributed by atoms with E-state index in [2.05, 4.69) is 5.32 Å². The molecule has 0 saturated carbocycles. The van der Waals surface area contributed by atoms with Crippen LogP contribution in [0.3, 0.4) is 0 Å². The van der Waals surface area contributed by atoms with Gasteiger partial charge in [-0.1, -0.05) is 17.7 Å². The van der Waals surface area contributed by atoms with E-state index in [4.69, 9.17) is 11.6 Å². The first-order valence-corrected chi connectivity index (χ1v) is 6.02. The minimum Gasteiger partial charge on any atom is -0.308 e. The zero-order valence-electron chi connectivity index (χ0n) is 9.89. The van der Waals surface area contributed by atoms with E-state index in [0.29, 0.717) is 22.7 Å². The molecule has 0 amide bonds. The van der Waals surface area contributed by atoms with Gasteiger partial charge in [0.15, 0.2) is 0 Å². The molecule has 5 heteroatoms. The highest BCUT2D eigenvalue weighted by atomic mass is 35.5. The smallest absolute Gasteiger partial charge is 0.130 e. The molecule has 2 aromatic carbocycles.